The van der Waals surface area contributed by atoms with E-state index in [9.17, 15) is 4.79 Å². The van der Waals surface area contributed by atoms with E-state index in [-0.39, 0.29) is 18.1 Å². The Morgan fingerprint density at radius 1 is 0.857 bits per heavy atom. The number of nitrogens with one attached hydrogen (secondary N) is 1. The third kappa shape index (κ3) is 3.85. The van der Waals surface area contributed by atoms with Crippen LogP contribution in [0.5, 0.6) is 0 Å². The van der Waals surface area contributed by atoms with Crippen molar-refractivity contribution in [2.45, 2.75) is 38.5 Å². The molecule has 0 spiro atoms. The van der Waals surface area contributed by atoms with E-state index >= 15 is 0 Å². The minimum Gasteiger partial charge on any atom is -0.316 e. The summed E-state index contributed by atoms with van der Waals surface area (Å²) in [6, 6.07) is 28.9. The zero-order valence-electron chi connectivity index (χ0n) is 16.2. The maximum absolute atomic E-state index is 13.2. The molecule has 1 heterocycles. The number of carbonyl (C=O) groups is 1. The first-order valence-electron chi connectivity index (χ1n) is 9.97. The molecule has 0 aromatic heterocycles. The number of fused-ring (bicyclic) bond motifs is 1. The molecule has 0 saturated carbocycles. The van der Waals surface area contributed by atoms with Crippen LogP contribution < -0.4 is 5.32 Å². The standard InChI is InChI=1S/C25H26N2O/c1-19(16-17-20-10-4-2-5-11-20)27-24(26-18-21-12-6-3-7-13-21)22-14-8-9-15-23(22)25(27)28/h2-15,19,24,26H,16-18H2,1H3. The average molecular weight is 370 g/mol. The van der Waals surface area contributed by atoms with Gasteiger partial charge in [-0.25, -0.2) is 0 Å². The lowest BCUT2D eigenvalue weighted by molar-refractivity contribution is 0.0590. The molecule has 0 saturated heterocycles. The average Bonchev–Trinajstić information content (AvgIpc) is 3.04. The van der Waals surface area contributed by atoms with Gasteiger partial charge < -0.3 is 4.90 Å². The summed E-state index contributed by atoms with van der Waals surface area (Å²) < 4.78 is 0. The highest BCUT2D eigenvalue weighted by molar-refractivity contribution is 5.99. The van der Waals surface area contributed by atoms with Gasteiger partial charge in [-0.15, -0.1) is 0 Å². The van der Waals surface area contributed by atoms with Crippen molar-refractivity contribution < 1.29 is 4.79 Å². The Morgan fingerprint density at radius 2 is 1.46 bits per heavy atom. The molecule has 2 unspecified atom stereocenters. The Balaban J connectivity index is 1.52. The summed E-state index contributed by atoms with van der Waals surface area (Å²) in [6.07, 6.45) is 1.82. The molecule has 4 rings (SSSR count). The van der Waals surface area contributed by atoms with E-state index in [0.717, 1.165) is 30.5 Å². The van der Waals surface area contributed by atoms with Gasteiger partial charge in [-0.05, 0) is 37.0 Å². The third-order valence-corrected chi connectivity index (χ3v) is 5.51. The maximum atomic E-state index is 13.2. The van der Waals surface area contributed by atoms with Crippen LogP contribution in [0, 0.1) is 0 Å². The first kappa shape index (κ1) is 18.5. The molecular weight excluding hydrogens is 344 g/mol. The van der Waals surface area contributed by atoms with Gasteiger partial charge in [-0.2, -0.15) is 0 Å². The lowest BCUT2D eigenvalue weighted by Crippen LogP contribution is -2.42. The molecule has 3 heteroatoms. The van der Waals surface area contributed by atoms with Crippen LogP contribution in [0.4, 0.5) is 0 Å². The highest BCUT2D eigenvalue weighted by Gasteiger charge is 2.38. The van der Waals surface area contributed by atoms with E-state index in [1.807, 2.05) is 47.4 Å². The summed E-state index contributed by atoms with van der Waals surface area (Å²) in [5, 5.41) is 3.62. The Bertz CT molecular complexity index is 924. The predicted molar refractivity (Wildman–Crippen MR) is 113 cm³/mol. The highest BCUT2D eigenvalue weighted by Crippen LogP contribution is 2.34. The monoisotopic (exact) mass is 370 g/mol. The fraction of sp³-hybridized carbons (Fsp3) is 0.240. The number of hydrogen-bond acceptors (Lipinski definition) is 2. The van der Waals surface area contributed by atoms with E-state index in [0.29, 0.717) is 0 Å². The Labute approximate surface area is 167 Å². The second kappa shape index (κ2) is 8.41. The summed E-state index contributed by atoms with van der Waals surface area (Å²) in [5.74, 6) is 0.127. The molecular formula is C25H26N2O. The molecule has 1 aliphatic heterocycles. The molecule has 3 nitrogen and oxygen atoms in total. The molecule has 2 atom stereocenters. The molecule has 3 aromatic rings. The van der Waals surface area contributed by atoms with Crippen molar-refractivity contribution in [2.75, 3.05) is 0 Å². The Kier molecular flexibility index (Phi) is 5.54. The molecule has 1 N–H and O–H groups in total. The van der Waals surface area contributed by atoms with Gasteiger partial charge in [0, 0.05) is 23.7 Å². The van der Waals surface area contributed by atoms with Crippen LogP contribution >= 0.6 is 0 Å². The van der Waals surface area contributed by atoms with Crippen molar-refractivity contribution in [3.63, 3.8) is 0 Å². The zero-order chi connectivity index (χ0) is 19.3. The third-order valence-electron chi connectivity index (χ3n) is 5.51. The second-order valence-electron chi connectivity index (χ2n) is 7.44. The van der Waals surface area contributed by atoms with Crippen molar-refractivity contribution in [2.24, 2.45) is 0 Å². The minimum atomic E-state index is -0.0883. The van der Waals surface area contributed by atoms with Crippen LogP contribution in [0.3, 0.4) is 0 Å². The van der Waals surface area contributed by atoms with Crippen LogP contribution in [-0.4, -0.2) is 16.8 Å². The largest absolute Gasteiger partial charge is 0.316 e. The first-order chi connectivity index (χ1) is 13.7. The quantitative estimate of drug-likeness (QED) is 0.638. The minimum absolute atomic E-state index is 0.0883. The molecule has 28 heavy (non-hydrogen) atoms. The SMILES string of the molecule is CC(CCc1ccccc1)N1C(=O)c2ccccc2C1NCc1ccccc1. The predicted octanol–water partition coefficient (Wildman–Crippen LogP) is 4.95. The van der Waals surface area contributed by atoms with Gasteiger partial charge in [0.05, 0.1) is 0 Å². The molecule has 1 amide bonds. The fourth-order valence-electron chi connectivity index (χ4n) is 3.97. The molecule has 0 fully saturated rings. The van der Waals surface area contributed by atoms with E-state index < -0.39 is 0 Å². The first-order valence-corrected chi connectivity index (χ1v) is 9.97. The molecule has 3 aromatic carbocycles. The van der Waals surface area contributed by atoms with Crippen LogP contribution in [-0.2, 0) is 13.0 Å². The van der Waals surface area contributed by atoms with Gasteiger partial charge >= 0.3 is 0 Å². The van der Waals surface area contributed by atoms with Crippen molar-refractivity contribution in [3.8, 4) is 0 Å². The number of nitrogens with zero attached hydrogens (tertiary/aromatic N) is 1. The zero-order valence-corrected chi connectivity index (χ0v) is 16.2. The van der Waals surface area contributed by atoms with Gasteiger partial charge in [0.15, 0.2) is 0 Å². The maximum Gasteiger partial charge on any atom is 0.256 e. The molecule has 0 bridgehead atoms. The van der Waals surface area contributed by atoms with Gasteiger partial charge in [-0.1, -0.05) is 78.9 Å². The van der Waals surface area contributed by atoms with Gasteiger partial charge in [0.1, 0.15) is 6.17 Å². The fourth-order valence-corrected chi connectivity index (χ4v) is 3.97. The van der Waals surface area contributed by atoms with Crippen molar-refractivity contribution in [3.05, 3.63) is 107 Å². The molecule has 1 aliphatic rings. The second-order valence-corrected chi connectivity index (χ2v) is 7.44. The van der Waals surface area contributed by atoms with Gasteiger partial charge in [-0.3, -0.25) is 10.1 Å². The number of amides is 1. The number of hydrogen-bond donors (Lipinski definition) is 1. The highest BCUT2D eigenvalue weighted by atomic mass is 16.2. The smallest absolute Gasteiger partial charge is 0.256 e. The van der Waals surface area contributed by atoms with E-state index in [1.165, 1.54) is 11.1 Å². The molecule has 0 aliphatic carbocycles. The Morgan fingerprint density at radius 3 is 2.18 bits per heavy atom. The summed E-state index contributed by atoms with van der Waals surface area (Å²) in [7, 11) is 0. The van der Waals surface area contributed by atoms with E-state index in [2.05, 4.69) is 54.7 Å². The summed E-state index contributed by atoms with van der Waals surface area (Å²) in [4.78, 5) is 15.2. The summed E-state index contributed by atoms with van der Waals surface area (Å²) in [5.41, 5.74) is 4.43. The number of rotatable bonds is 7. The molecule has 142 valence electrons. The number of carbonyl (C=O) groups excluding carboxylic acids is 1. The summed E-state index contributed by atoms with van der Waals surface area (Å²) in [6.45, 7) is 2.89. The number of benzene rings is 3. The van der Waals surface area contributed by atoms with Crippen LogP contribution in [0.25, 0.3) is 0 Å². The van der Waals surface area contributed by atoms with E-state index in [4.69, 9.17) is 0 Å². The Hall–Kier alpha value is -2.91. The lowest BCUT2D eigenvalue weighted by atomic mass is 10.0. The van der Waals surface area contributed by atoms with Crippen LogP contribution in [0.2, 0.25) is 0 Å². The normalized spacial score (nSPS) is 16.8. The topological polar surface area (TPSA) is 32.3 Å². The lowest BCUT2D eigenvalue weighted by Gasteiger charge is -2.32. The van der Waals surface area contributed by atoms with Crippen molar-refractivity contribution >= 4 is 5.91 Å². The van der Waals surface area contributed by atoms with Gasteiger partial charge in [0.25, 0.3) is 5.91 Å². The number of aryl methyl sites for hydroxylation is 1. The van der Waals surface area contributed by atoms with E-state index in [1.54, 1.807) is 0 Å². The van der Waals surface area contributed by atoms with Crippen molar-refractivity contribution in [1.82, 2.24) is 10.2 Å². The van der Waals surface area contributed by atoms with Gasteiger partial charge in [0.2, 0.25) is 0 Å². The molecule has 0 radical (unpaired) electrons. The van der Waals surface area contributed by atoms with Crippen LogP contribution in [0.15, 0.2) is 84.9 Å². The summed E-state index contributed by atoms with van der Waals surface area (Å²) >= 11 is 0. The van der Waals surface area contributed by atoms with Crippen molar-refractivity contribution in [1.29, 1.82) is 0 Å². The van der Waals surface area contributed by atoms with Crippen LogP contribution in [0.1, 0.15) is 46.6 Å².